The van der Waals surface area contributed by atoms with Crippen LogP contribution in [0.15, 0.2) is 0 Å². The van der Waals surface area contributed by atoms with Crippen LogP contribution in [-0.4, -0.2) is 94.0 Å². The van der Waals surface area contributed by atoms with Crippen LogP contribution in [0.5, 0.6) is 0 Å². The summed E-state index contributed by atoms with van der Waals surface area (Å²) in [6.07, 6.45) is 0. The predicted molar refractivity (Wildman–Crippen MR) is 57.0 cm³/mol. The van der Waals surface area contributed by atoms with Gasteiger partial charge in [-0.05, 0) is 0 Å². The van der Waals surface area contributed by atoms with Gasteiger partial charge in [0.2, 0.25) is 0 Å². The van der Waals surface area contributed by atoms with Crippen molar-refractivity contribution < 1.29 is 29.7 Å². The fourth-order valence-corrected chi connectivity index (χ4v) is 0. The first-order valence-corrected chi connectivity index (χ1v) is 2.78. The van der Waals surface area contributed by atoms with Crippen molar-refractivity contribution >= 4 is 78.7 Å². The zero-order valence-electron chi connectivity index (χ0n) is 7.07. The third-order valence-electron chi connectivity index (χ3n) is 0. The molecule has 0 aromatic rings. The number of hydrogen-bond donors (Lipinski definition) is 3. The summed E-state index contributed by atoms with van der Waals surface area (Å²) < 4.78 is 0. The molecule has 0 heterocycles. The van der Waals surface area contributed by atoms with Gasteiger partial charge in [-0.3, -0.25) is 14.4 Å². The van der Waals surface area contributed by atoms with E-state index in [2.05, 4.69) is 0 Å². The summed E-state index contributed by atoms with van der Waals surface area (Å²) in [5.74, 6) is -2.50. The van der Waals surface area contributed by atoms with Crippen molar-refractivity contribution in [2.75, 3.05) is 0 Å². The maximum atomic E-state index is 9.00. The Labute approximate surface area is 128 Å². The van der Waals surface area contributed by atoms with Crippen molar-refractivity contribution in [3.8, 4) is 0 Å². The molecule has 0 aromatic carbocycles. The van der Waals surface area contributed by atoms with Gasteiger partial charge >= 0.3 is 60.8 Å². The van der Waals surface area contributed by atoms with Gasteiger partial charge in [0.15, 0.2) is 0 Å². The Kier molecular flexibility index (Phi) is 48.8. The average Bonchev–Trinajstić information content (AvgIpc) is 1.54. The van der Waals surface area contributed by atoms with Gasteiger partial charge in [0.1, 0.15) is 0 Å². The molecule has 0 spiro atoms. The zero-order chi connectivity index (χ0) is 10.7. The Bertz CT molecular complexity index is 120. The molecule has 0 fully saturated rings. The molecule has 0 aromatic heterocycles. The molecular formula is C6H16CaMgO6. The number of carbonyl (C=O) groups is 3. The molecule has 0 rings (SSSR count). The van der Waals surface area contributed by atoms with Gasteiger partial charge in [-0.2, -0.15) is 0 Å². The molecule has 8 heteroatoms. The summed E-state index contributed by atoms with van der Waals surface area (Å²) in [5, 5.41) is 22.2. The van der Waals surface area contributed by atoms with Crippen molar-refractivity contribution in [3.05, 3.63) is 0 Å². The third kappa shape index (κ3) is 8560. The van der Waals surface area contributed by atoms with Crippen LogP contribution in [0.2, 0.25) is 0 Å². The number of aliphatic carboxylic acids is 3. The van der Waals surface area contributed by atoms with Crippen LogP contribution in [0, 0.1) is 0 Å². The summed E-state index contributed by atoms with van der Waals surface area (Å²) in [4.78, 5) is 27.0. The molecule has 6 nitrogen and oxygen atoms in total. The van der Waals surface area contributed by atoms with Gasteiger partial charge in [-0.1, -0.05) is 0 Å². The molecule has 0 radical (unpaired) electrons. The largest absolute Gasteiger partial charge is 0.316 e. The second-order valence-electron chi connectivity index (χ2n) is 1.56. The SMILES string of the molecule is CC(=O)O.CC(=O)O.CC(=O)O.[CaH2].[MgH2]. The molecule has 0 aliphatic heterocycles. The first-order chi connectivity index (χ1) is 5.20. The van der Waals surface area contributed by atoms with E-state index in [-0.39, 0.29) is 60.8 Å². The first-order valence-electron chi connectivity index (χ1n) is 2.78. The molecule has 0 atom stereocenters. The number of carboxylic acid groups (broad SMARTS) is 3. The number of hydrogen-bond acceptors (Lipinski definition) is 3. The van der Waals surface area contributed by atoms with Crippen LogP contribution in [0.1, 0.15) is 20.8 Å². The molecule has 0 saturated carbocycles. The standard InChI is InChI=1S/3C2H4O2.Ca.Mg.4H/c3*1-2(3)4;;;;;;/h3*1H3,(H,3,4);;;;;;. The van der Waals surface area contributed by atoms with E-state index in [0.717, 1.165) is 20.8 Å². The van der Waals surface area contributed by atoms with Crippen molar-refractivity contribution in [2.24, 2.45) is 0 Å². The monoisotopic (exact) mass is 248 g/mol. The quantitative estimate of drug-likeness (QED) is 0.447. The Balaban J connectivity index is -0.0000000270. The van der Waals surface area contributed by atoms with Crippen LogP contribution >= 0.6 is 0 Å². The molecular weight excluding hydrogens is 232 g/mol. The van der Waals surface area contributed by atoms with Crippen LogP contribution in [0.25, 0.3) is 0 Å². The maximum absolute atomic E-state index is 9.00. The van der Waals surface area contributed by atoms with Crippen LogP contribution in [-0.2, 0) is 14.4 Å². The van der Waals surface area contributed by atoms with Gasteiger partial charge in [0.25, 0.3) is 17.9 Å². The summed E-state index contributed by atoms with van der Waals surface area (Å²) >= 11 is 0. The Morgan fingerprint density at radius 3 is 0.714 bits per heavy atom. The van der Waals surface area contributed by atoms with Gasteiger partial charge < -0.3 is 15.3 Å². The molecule has 14 heavy (non-hydrogen) atoms. The Morgan fingerprint density at radius 2 is 0.714 bits per heavy atom. The normalized spacial score (nSPS) is 5.36. The smallest absolute Gasteiger partial charge is 0.316 e. The van der Waals surface area contributed by atoms with E-state index in [1.165, 1.54) is 0 Å². The van der Waals surface area contributed by atoms with E-state index >= 15 is 0 Å². The predicted octanol–water partition coefficient (Wildman–Crippen LogP) is -1.56. The van der Waals surface area contributed by atoms with Crippen LogP contribution in [0.3, 0.4) is 0 Å². The van der Waals surface area contributed by atoms with E-state index in [9.17, 15) is 0 Å². The summed E-state index contributed by atoms with van der Waals surface area (Å²) in [7, 11) is 0. The zero-order valence-corrected chi connectivity index (χ0v) is 7.07. The molecule has 0 bridgehead atoms. The van der Waals surface area contributed by atoms with E-state index in [1.807, 2.05) is 0 Å². The van der Waals surface area contributed by atoms with E-state index in [0.29, 0.717) is 0 Å². The Morgan fingerprint density at radius 1 is 0.714 bits per heavy atom. The minimum absolute atomic E-state index is 0. The fourth-order valence-electron chi connectivity index (χ4n) is 0. The Hall–Kier alpha value is 0.436. The molecule has 0 amide bonds. The van der Waals surface area contributed by atoms with Crippen LogP contribution in [0.4, 0.5) is 0 Å². The maximum Gasteiger partial charge on any atom is 0.316 e. The topological polar surface area (TPSA) is 112 Å². The van der Waals surface area contributed by atoms with Gasteiger partial charge in [-0.15, -0.1) is 0 Å². The van der Waals surface area contributed by atoms with Gasteiger partial charge in [-0.25, -0.2) is 0 Å². The van der Waals surface area contributed by atoms with E-state index in [4.69, 9.17) is 29.7 Å². The second kappa shape index (κ2) is 23.3. The van der Waals surface area contributed by atoms with Crippen molar-refractivity contribution in [2.45, 2.75) is 20.8 Å². The summed E-state index contributed by atoms with van der Waals surface area (Å²) in [5.41, 5.74) is 0. The van der Waals surface area contributed by atoms with Crippen molar-refractivity contribution in [1.29, 1.82) is 0 Å². The third-order valence-corrected chi connectivity index (χ3v) is 0. The molecule has 0 aliphatic rings. The fraction of sp³-hybridized carbons (Fsp3) is 0.500. The summed E-state index contributed by atoms with van der Waals surface area (Å²) in [6, 6.07) is 0. The molecule has 80 valence electrons. The second-order valence-corrected chi connectivity index (χ2v) is 1.56. The van der Waals surface area contributed by atoms with Crippen molar-refractivity contribution in [3.63, 3.8) is 0 Å². The van der Waals surface area contributed by atoms with Gasteiger partial charge in [0, 0.05) is 20.8 Å². The molecule has 0 saturated heterocycles. The minimum Gasteiger partial charge on any atom is 0.316 e. The van der Waals surface area contributed by atoms with Crippen LogP contribution < -0.4 is 0 Å². The molecule has 3 N–H and O–H groups in total. The molecule has 0 unspecified atom stereocenters. The van der Waals surface area contributed by atoms with E-state index < -0.39 is 17.9 Å². The minimum atomic E-state index is -0.833. The van der Waals surface area contributed by atoms with Gasteiger partial charge in [0.05, 0.1) is 0 Å². The van der Waals surface area contributed by atoms with Crippen molar-refractivity contribution in [1.82, 2.24) is 0 Å². The number of carboxylic acids is 3. The molecule has 0 aliphatic carbocycles. The first kappa shape index (κ1) is 29.3. The summed E-state index contributed by atoms with van der Waals surface area (Å²) in [6.45, 7) is 3.25. The number of rotatable bonds is 0. The average molecular weight is 249 g/mol. The van der Waals surface area contributed by atoms with E-state index in [1.54, 1.807) is 0 Å².